The van der Waals surface area contributed by atoms with Crippen molar-refractivity contribution in [2.75, 3.05) is 13.7 Å². The highest BCUT2D eigenvalue weighted by Gasteiger charge is 2.13. The van der Waals surface area contributed by atoms with Gasteiger partial charge in [-0.15, -0.1) is 0 Å². The number of ether oxygens (including phenoxy) is 1. The molecule has 1 aromatic carbocycles. The second kappa shape index (κ2) is 7.41. The Hall–Kier alpha value is -1.39. The molecule has 1 heterocycles. The molecular weight excluding hydrogens is 318 g/mol. The minimum Gasteiger partial charge on any atom is -0.496 e. The predicted octanol–water partition coefficient (Wildman–Crippen LogP) is 3.25. The molecule has 0 radical (unpaired) electrons. The van der Waals surface area contributed by atoms with E-state index in [4.69, 9.17) is 4.74 Å². The third-order valence-corrected chi connectivity index (χ3v) is 3.68. The standard InChI is InChI=1S/C16H18BrNO2/c1-20-16-5-3-2-4-14(16)7-13(11-19)6-12-8-15(17)10-18-9-12/h2-5,8-10,13,19H,6-7,11H2,1H3. The molecule has 0 aliphatic rings. The fourth-order valence-corrected chi connectivity index (χ4v) is 2.70. The smallest absolute Gasteiger partial charge is 0.122 e. The van der Waals surface area contributed by atoms with E-state index in [2.05, 4.69) is 20.9 Å². The Morgan fingerprint density at radius 2 is 2.05 bits per heavy atom. The molecular formula is C16H18BrNO2. The third kappa shape index (κ3) is 4.05. The average molecular weight is 336 g/mol. The summed E-state index contributed by atoms with van der Waals surface area (Å²) >= 11 is 3.42. The monoisotopic (exact) mass is 335 g/mol. The number of methoxy groups -OCH3 is 1. The molecule has 20 heavy (non-hydrogen) atoms. The number of para-hydroxylation sites is 1. The number of aliphatic hydroxyl groups excluding tert-OH is 1. The number of aromatic nitrogens is 1. The number of rotatable bonds is 6. The Bertz CT molecular complexity index is 560. The van der Waals surface area contributed by atoms with Gasteiger partial charge in [0.2, 0.25) is 0 Å². The molecule has 0 saturated carbocycles. The Morgan fingerprint density at radius 1 is 1.25 bits per heavy atom. The molecule has 1 aromatic heterocycles. The molecule has 0 aliphatic carbocycles. The molecule has 2 aromatic rings. The molecule has 1 atom stereocenters. The zero-order valence-corrected chi connectivity index (χ0v) is 13.0. The second-order valence-corrected chi connectivity index (χ2v) is 5.70. The Morgan fingerprint density at radius 3 is 2.75 bits per heavy atom. The highest BCUT2D eigenvalue weighted by molar-refractivity contribution is 9.10. The zero-order chi connectivity index (χ0) is 14.4. The maximum Gasteiger partial charge on any atom is 0.122 e. The first-order valence-electron chi connectivity index (χ1n) is 6.55. The van der Waals surface area contributed by atoms with Crippen LogP contribution in [0, 0.1) is 5.92 Å². The molecule has 4 heteroatoms. The molecule has 3 nitrogen and oxygen atoms in total. The van der Waals surface area contributed by atoms with Crippen LogP contribution in [0.3, 0.4) is 0 Å². The summed E-state index contributed by atoms with van der Waals surface area (Å²) in [5.74, 6) is 1.03. The molecule has 2 rings (SSSR count). The van der Waals surface area contributed by atoms with Crippen molar-refractivity contribution < 1.29 is 9.84 Å². The van der Waals surface area contributed by atoms with E-state index in [0.717, 1.165) is 34.2 Å². The summed E-state index contributed by atoms with van der Waals surface area (Å²) in [6.07, 6.45) is 5.18. The maximum absolute atomic E-state index is 9.61. The minimum absolute atomic E-state index is 0.143. The van der Waals surface area contributed by atoms with Gasteiger partial charge in [0.1, 0.15) is 5.75 Å². The lowest BCUT2D eigenvalue weighted by atomic mass is 9.93. The predicted molar refractivity (Wildman–Crippen MR) is 82.9 cm³/mol. The summed E-state index contributed by atoms with van der Waals surface area (Å²) < 4.78 is 6.32. The van der Waals surface area contributed by atoms with Crippen LogP contribution in [-0.4, -0.2) is 23.8 Å². The molecule has 0 fully saturated rings. The molecule has 0 saturated heterocycles. The fraction of sp³-hybridized carbons (Fsp3) is 0.312. The lowest BCUT2D eigenvalue weighted by molar-refractivity contribution is 0.224. The van der Waals surface area contributed by atoms with E-state index in [-0.39, 0.29) is 12.5 Å². The van der Waals surface area contributed by atoms with Gasteiger partial charge in [0.15, 0.2) is 0 Å². The summed E-state index contributed by atoms with van der Waals surface area (Å²) in [5.41, 5.74) is 2.24. The maximum atomic E-state index is 9.61. The van der Waals surface area contributed by atoms with Crippen LogP contribution >= 0.6 is 15.9 Å². The van der Waals surface area contributed by atoms with Crippen molar-refractivity contribution in [1.29, 1.82) is 0 Å². The Labute approximate surface area is 127 Å². The van der Waals surface area contributed by atoms with Gasteiger partial charge in [0.25, 0.3) is 0 Å². The van der Waals surface area contributed by atoms with Crippen LogP contribution in [0.5, 0.6) is 5.75 Å². The third-order valence-electron chi connectivity index (χ3n) is 3.25. The molecule has 0 amide bonds. The Kier molecular flexibility index (Phi) is 5.56. The quantitative estimate of drug-likeness (QED) is 0.881. The lowest BCUT2D eigenvalue weighted by Gasteiger charge is -2.16. The molecule has 1 N–H and O–H groups in total. The summed E-state index contributed by atoms with van der Waals surface area (Å²) in [4.78, 5) is 4.16. The molecule has 106 valence electrons. The van der Waals surface area contributed by atoms with Gasteiger partial charge in [-0.05, 0) is 57.9 Å². The molecule has 0 aliphatic heterocycles. The molecule has 1 unspecified atom stereocenters. The summed E-state index contributed by atoms with van der Waals surface area (Å²) in [5, 5.41) is 9.61. The number of hydrogen-bond donors (Lipinski definition) is 1. The van der Waals surface area contributed by atoms with Crippen LogP contribution in [0.2, 0.25) is 0 Å². The first-order valence-corrected chi connectivity index (χ1v) is 7.34. The average Bonchev–Trinajstić information content (AvgIpc) is 2.47. The summed E-state index contributed by atoms with van der Waals surface area (Å²) in [6.45, 7) is 0.143. The van der Waals surface area contributed by atoms with Gasteiger partial charge in [-0.1, -0.05) is 18.2 Å². The van der Waals surface area contributed by atoms with Crippen LogP contribution in [0.25, 0.3) is 0 Å². The van der Waals surface area contributed by atoms with Crippen LogP contribution < -0.4 is 4.74 Å². The minimum atomic E-state index is 0.143. The summed E-state index contributed by atoms with van der Waals surface area (Å²) in [7, 11) is 1.67. The van der Waals surface area contributed by atoms with Gasteiger partial charge in [0, 0.05) is 23.5 Å². The molecule has 0 bridgehead atoms. The molecule has 0 spiro atoms. The van der Waals surface area contributed by atoms with Gasteiger partial charge >= 0.3 is 0 Å². The van der Waals surface area contributed by atoms with Crippen molar-refractivity contribution in [2.45, 2.75) is 12.8 Å². The number of hydrogen-bond acceptors (Lipinski definition) is 3. The van der Waals surface area contributed by atoms with E-state index in [9.17, 15) is 5.11 Å². The van der Waals surface area contributed by atoms with Crippen molar-refractivity contribution in [1.82, 2.24) is 4.98 Å². The highest BCUT2D eigenvalue weighted by atomic mass is 79.9. The van der Waals surface area contributed by atoms with E-state index < -0.39 is 0 Å². The van der Waals surface area contributed by atoms with E-state index in [1.807, 2.05) is 36.5 Å². The highest BCUT2D eigenvalue weighted by Crippen LogP contribution is 2.23. The van der Waals surface area contributed by atoms with Gasteiger partial charge in [0.05, 0.1) is 7.11 Å². The van der Waals surface area contributed by atoms with Crippen molar-refractivity contribution >= 4 is 15.9 Å². The number of halogens is 1. The number of nitrogens with zero attached hydrogens (tertiary/aromatic N) is 1. The fourth-order valence-electron chi connectivity index (χ4n) is 2.28. The SMILES string of the molecule is COc1ccccc1CC(CO)Cc1cncc(Br)c1. The van der Waals surface area contributed by atoms with Crippen molar-refractivity contribution in [3.63, 3.8) is 0 Å². The summed E-state index contributed by atoms with van der Waals surface area (Å²) in [6, 6.07) is 9.98. The van der Waals surface area contributed by atoms with Gasteiger partial charge < -0.3 is 9.84 Å². The Balaban J connectivity index is 2.09. The van der Waals surface area contributed by atoms with Crippen LogP contribution in [0.4, 0.5) is 0 Å². The second-order valence-electron chi connectivity index (χ2n) is 4.78. The van der Waals surface area contributed by atoms with Crippen molar-refractivity contribution in [2.24, 2.45) is 5.92 Å². The van der Waals surface area contributed by atoms with Gasteiger partial charge in [-0.25, -0.2) is 0 Å². The van der Waals surface area contributed by atoms with Gasteiger partial charge in [-0.3, -0.25) is 4.98 Å². The lowest BCUT2D eigenvalue weighted by Crippen LogP contribution is -2.13. The van der Waals surface area contributed by atoms with E-state index in [0.29, 0.717) is 0 Å². The van der Waals surface area contributed by atoms with Crippen LogP contribution in [0.15, 0.2) is 47.2 Å². The first-order chi connectivity index (χ1) is 9.72. The first kappa shape index (κ1) is 15.0. The number of pyridine rings is 1. The number of benzene rings is 1. The van der Waals surface area contributed by atoms with Crippen LogP contribution in [0.1, 0.15) is 11.1 Å². The zero-order valence-electron chi connectivity index (χ0n) is 11.4. The largest absolute Gasteiger partial charge is 0.496 e. The number of aliphatic hydroxyl groups is 1. The van der Waals surface area contributed by atoms with E-state index >= 15 is 0 Å². The van der Waals surface area contributed by atoms with Gasteiger partial charge in [-0.2, -0.15) is 0 Å². The van der Waals surface area contributed by atoms with Crippen LogP contribution in [-0.2, 0) is 12.8 Å². The van der Waals surface area contributed by atoms with Crippen molar-refractivity contribution in [3.8, 4) is 5.75 Å². The van der Waals surface area contributed by atoms with E-state index in [1.165, 1.54) is 0 Å². The topological polar surface area (TPSA) is 42.4 Å². The normalized spacial score (nSPS) is 12.2. The van der Waals surface area contributed by atoms with Crippen molar-refractivity contribution in [3.05, 3.63) is 58.3 Å². The van der Waals surface area contributed by atoms with E-state index in [1.54, 1.807) is 13.3 Å².